The van der Waals surface area contributed by atoms with Crippen LogP contribution < -0.4 is 5.32 Å². The number of fused-ring (bicyclic) bond motifs is 1. The van der Waals surface area contributed by atoms with E-state index in [1.54, 1.807) is 0 Å². The molecule has 0 unspecified atom stereocenters. The van der Waals surface area contributed by atoms with E-state index in [4.69, 9.17) is 4.42 Å². The molecule has 0 saturated heterocycles. The Balaban J connectivity index is 2.05. The third kappa shape index (κ3) is 3.54. The molecule has 0 aliphatic carbocycles. The molecule has 0 spiro atoms. The van der Waals surface area contributed by atoms with Crippen molar-refractivity contribution in [2.45, 2.75) is 32.7 Å². The SMILES string of the molecule is CC(C)(C)NCCc1nc2cc(Br)ccc2o1. The molecule has 17 heavy (non-hydrogen) atoms. The van der Waals surface area contributed by atoms with Crippen LogP contribution in [0.2, 0.25) is 0 Å². The number of oxazole rings is 1. The summed E-state index contributed by atoms with van der Waals surface area (Å²) in [4.78, 5) is 4.46. The molecule has 0 fully saturated rings. The zero-order chi connectivity index (χ0) is 12.5. The molecular weight excluding hydrogens is 280 g/mol. The molecule has 92 valence electrons. The van der Waals surface area contributed by atoms with E-state index in [-0.39, 0.29) is 5.54 Å². The van der Waals surface area contributed by atoms with Gasteiger partial charge in [-0.15, -0.1) is 0 Å². The molecule has 0 amide bonds. The highest BCUT2D eigenvalue weighted by Crippen LogP contribution is 2.20. The van der Waals surface area contributed by atoms with Crippen molar-refractivity contribution < 1.29 is 4.42 Å². The van der Waals surface area contributed by atoms with Gasteiger partial charge in [0.1, 0.15) is 5.52 Å². The number of halogens is 1. The minimum atomic E-state index is 0.134. The van der Waals surface area contributed by atoms with Gasteiger partial charge >= 0.3 is 0 Å². The highest BCUT2D eigenvalue weighted by atomic mass is 79.9. The zero-order valence-electron chi connectivity index (χ0n) is 10.4. The maximum Gasteiger partial charge on any atom is 0.196 e. The summed E-state index contributed by atoms with van der Waals surface area (Å²) in [6.07, 6.45) is 0.809. The van der Waals surface area contributed by atoms with Crippen LogP contribution >= 0.6 is 15.9 Å². The van der Waals surface area contributed by atoms with Gasteiger partial charge in [0.05, 0.1) is 0 Å². The third-order valence-corrected chi connectivity index (χ3v) is 2.88. The lowest BCUT2D eigenvalue weighted by atomic mass is 10.1. The summed E-state index contributed by atoms with van der Waals surface area (Å²) in [5, 5.41) is 3.42. The van der Waals surface area contributed by atoms with E-state index in [1.807, 2.05) is 18.2 Å². The quantitative estimate of drug-likeness (QED) is 0.942. The Morgan fingerprint density at radius 2 is 2.12 bits per heavy atom. The molecule has 0 aliphatic rings. The lowest BCUT2D eigenvalue weighted by Gasteiger charge is -2.19. The second-order valence-electron chi connectivity index (χ2n) is 5.15. The zero-order valence-corrected chi connectivity index (χ0v) is 12.0. The molecule has 1 aromatic heterocycles. The largest absolute Gasteiger partial charge is 0.441 e. The number of benzene rings is 1. The van der Waals surface area contributed by atoms with Gasteiger partial charge < -0.3 is 9.73 Å². The van der Waals surface area contributed by atoms with Crippen LogP contribution in [0.25, 0.3) is 11.1 Å². The summed E-state index contributed by atoms with van der Waals surface area (Å²) in [7, 11) is 0. The van der Waals surface area contributed by atoms with Crippen LogP contribution in [0.5, 0.6) is 0 Å². The lowest BCUT2D eigenvalue weighted by Crippen LogP contribution is -2.37. The molecule has 2 rings (SSSR count). The maximum absolute atomic E-state index is 5.67. The van der Waals surface area contributed by atoms with Gasteiger partial charge in [0.25, 0.3) is 0 Å². The summed E-state index contributed by atoms with van der Waals surface area (Å²) in [6.45, 7) is 7.32. The van der Waals surface area contributed by atoms with Crippen LogP contribution in [0.4, 0.5) is 0 Å². The Morgan fingerprint density at radius 3 is 2.82 bits per heavy atom. The number of nitrogens with one attached hydrogen (secondary N) is 1. The van der Waals surface area contributed by atoms with Gasteiger partial charge in [0.15, 0.2) is 11.5 Å². The topological polar surface area (TPSA) is 38.1 Å². The monoisotopic (exact) mass is 296 g/mol. The average Bonchev–Trinajstić information content (AvgIpc) is 2.57. The number of hydrogen-bond acceptors (Lipinski definition) is 3. The third-order valence-electron chi connectivity index (χ3n) is 2.39. The fraction of sp³-hybridized carbons (Fsp3) is 0.462. The smallest absolute Gasteiger partial charge is 0.196 e. The van der Waals surface area contributed by atoms with Crippen molar-refractivity contribution in [3.63, 3.8) is 0 Å². The van der Waals surface area contributed by atoms with Gasteiger partial charge in [0, 0.05) is 23.0 Å². The van der Waals surface area contributed by atoms with Crippen LogP contribution in [0.15, 0.2) is 27.1 Å². The normalized spacial score (nSPS) is 12.2. The second-order valence-corrected chi connectivity index (χ2v) is 6.06. The predicted molar refractivity (Wildman–Crippen MR) is 73.2 cm³/mol. The van der Waals surface area contributed by atoms with Crippen molar-refractivity contribution in [1.82, 2.24) is 10.3 Å². The van der Waals surface area contributed by atoms with E-state index in [0.29, 0.717) is 0 Å². The molecule has 0 atom stereocenters. The first-order valence-corrected chi connectivity index (χ1v) is 6.53. The first-order chi connectivity index (χ1) is 7.94. The second kappa shape index (κ2) is 4.78. The van der Waals surface area contributed by atoms with Crippen LogP contribution in [0, 0.1) is 0 Å². The van der Waals surface area contributed by atoms with E-state index in [9.17, 15) is 0 Å². The van der Waals surface area contributed by atoms with Crippen molar-refractivity contribution in [3.8, 4) is 0 Å². The summed E-state index contributed by atoms with van der Waals surface area (Å²) >= 11 is 3.43. The molecule has 1 aromatic carbocycles. The summed E-state index contributed by atoms with van der Waals surface area (Å²) < 4.78 is 6.69. The number of rotatable bonds is 3. The van der Waals surface area contributed by atoms with Gasteiger partial charge in [-0.25, -0.2) is 4.98 Å². The van der Waals surface area contributed by atoms with Crippen molar-refractivity contribution in [2.75, 3.05) is 6.54 Å². The van der Waals surface area contributed by atoms with Gasteiger partial charge in [-0.1, -0.05) is 15.9 Å². The Hall–Kier alpha value is -0.870. The van der Waals surface area contributed by atoms with E-state index in [2.05, 4.69) is 47.0 Å². The number of hydrogen-bond donors (Lipinski definition) is 1. The Bertz CT molecular complexity index is 514. The number of nitrogens with zero attached hydrogens (tertiary/aromatic N) is 1. The number of aromatic nitrogens is 1. The fourth-order valence-electron chi connectivity index (χ4n) is 1.60. The highest BCUT2D eigenvalue weighted by molar-refractivity contribution is 9.10. The standard InChI is InChI=1S/C13H17BrN2O/c1-13(2,3)15-7-6-12-16-10-8-9(14)4-5-11(10)17-12/h4-5,8,15H,6-7H2,1-3H3. The molecule has 4 heteroatoms. The Kier molecular flexibility index (Phi) is 3.54. The minimum Gasteiger partial charge on any atom is -0.441 e. The van der Waals surface area contributed by atoms with Crippen LogP contribution in [0.1, 0.15) is 26.7 Å². The molecule has 0 radical (unpaired) electrons. The van der Waals surface area contributed by atoms with Crippen LogP contribution in [-0.4, -0.2) is 17.1 Å². The van der Waals surface area contributed by atoms with Crippen molar-refractivity contribution in [2.24, 2.45) is 0 Å². The summed E-state index contributed by atoms with van der Waals surface area (Å²) in [6, 6.07) is 5.87. The predicted octanol–water partition coefficient (Wildman–Crippen LogP) is 3.52. The molecule has 3 nitrogen and oxygen atoms in total. The van der Waals surface area contributed by atoms with Gasteiger partial charge in [-0.3, -0.25) is 0 Å². The van der Waals surface area contributed by atoms with E-state index in [1.165, 1.54) is 0 Å². The average molecular weight is 297 g/mol. The molecule has 1 heterocycles. The Labute approximate surface area is 110 Å². The van der Waals surface area contributed by atoms with Crippen LogP contribution in [-0.2, 0) is 6.42 Å². The van der Waals surface area contributed by atoms with Crippen LogP contribution in [0.3, 0.4) is 0 Å². The van der Waals surface area contributed by atoms with Crippen molar-refractivity contribution in [3.05, 3.63) is 28.6 Å². The lowest BCUT2D eigenvalue weighted by molar-refractivity contribution is 0.414. The first kappa shape index (κ1) is 12.6. The fourth-order valence-corrected chi connectivity index (χ4v) is 1.95. The Morgan fingerprint density at radius 1 is 1.35 bits per heavy atom. The highest BCUT2D eigenvalue weighted by Gasteiger charge is 2.10. The summed E-state index contributed by atoms with van der Waals surface area (Å²) in [5.41, 5.74) is 1.89. The van der Waals surface area contributed by atoms with E-state index in [0.717, 1.165) is 34.4 Å². The summed E-state index contributed by atoms with van der Waals surface area (Å²) in [5.74, 6) is 0.787. The van der Waals surface area contributed by atoms with Crippen molar-refractivity contribution >= 4 is 27.0 Å². The molecule has 1 N–H and O–H groups in total. The minimum absolute atomic E-state index is 0.134. The molecule has 0 saturated carbocycles. The molecular formula is C13H17BrN2O. The molecule has 0 bridgehead atoms. The van der Waals surface area contributed by atoms with Gasteiger partial charge in [-0.2, -0.15) is 0 Å². The van der Waals surface area contributed by atoms with E-state index < -0.39 is 0 Å². The van der Waals surface area contributed by atoms with Gasteiger partial charge in [0.2, 0.25) is 0 Å². The van der Waals surface area contributed by atoms with Gasteiger partial charge in [-0.05, 0) is 39.0 Å². The molecule has 0 aliphatic heterocycles. The maximum atomic E-state index is 5.67. The molecule has 2 aromatic rings. The van der Waals surface area contributed by atoms with Crippen molar-refractivity contribution in [1.29, 1.82) is 0 Å². The van der Waals surface area contributed by atoms with E-state index >= 15 is 0 Å². The first-order valence-electron chi connectivity index (χ1n) is 5.74.